The maximum atomic E-state index is 5.79. The Morgan fingerprint density at radius 1 is 1.39 bits per heavy atom. The first-order chi connectivity index (χ1) is 8.72. The van der Waals surface area contributed by atoms with Crippen LogP contribution >= 0.6 is 31.9 Å². The average Bonchev–Trinajstić information content (AvgIpc) is 2.77. The van der Waals surface area contributed by atoms with Crippen molar-refractivity contribution in [3.05, 3.63) is 27.7 Å². The second-order valence-electron chi connectivity index (χ2n) is 5.13. The number of nitrogens with zero attached hydrogens (tertiary/aromatic N) is 1. The van der Waals surface area contributed by atoms with Gasteiger partial charge < -0.3 is 4.74 Å². The summed E-state index contributed by atoms with van der Waals surface area (Å²) in [4.78, 5) is 3.17. The number of piperidine rings is 1. The lowest BCUT2D eigenvalue weighted by Crippen LogP contribution is -2.35. The minimum atomic E-state index is 0.646. The van der Waals surface area contributed by atoms with Gasteiger partial charge in [0.05, 0.1) is 6.61 Å². The molecule has 1 aromatic rings. The lowest BCUT2D eigenvalue weighted by atomic mass is 10.1. The van der Waals surface area contributed by atoms with E-state index < -0.39 is 0 Å². The van der Waals surface area contributed by atoms with Crippen LogP contribution in [0.2, 0.25) is 0 Å². The van der Waals surface area contributed by atoms with Crippen LogP contribution in [0.5, 0.6) is 5.75 Å². The largest absolute Gasteiger partial charge is 0.493 e. The molecule has 2 aliphatic rings. The van der Waals surface area contributed by atoms with Gasteiger partial charge in [-0.05, 0) is 37.1 Å². The standard InChI is InChI=1S/C14H17Br2NO/c15-12-2-1-4-17(9-12)8-11-7-13(16)6-10-3-5-18-14(10)11/h6-7,12H,1-5,8-9H2. The Morgan fingerprint density at radius 2 is 2.28 bits per heavy atom. The van der Waals surface area contributed by atoms with Crippen LogP contribution in [0.3, 0.4) is 0 Å². The molecule has 0 N–H and O–H groups in total. The number of fused-ring (bicyclic) bond motifs is 1. The summed E-state index contributed by atoms with van der Waals surface area (Å²) in [5.74, 6) is 1.13. The first kappa shape index (κ1) is 12.9. The molecule has 1 atom stereocenters. The zero-order chi connectivity index (χ0) is 12.5. The Bertz CT molecular complexity index is 450. The van der Waals surface area contributed by atoms with E-state index >= 15 is 0 Å². The van der Waals surface area contributed by atoms with Crippen LogP contribution in [-0.4, -0.2) is 29.4 Å². The molecule has 0 bridgehead atoms. The van der Waals surface area contributed by atoms with Crippen molar-refractivity contribution in [2.45, 2.75) is 30.6 Å². The molecule has 0 aromatic heterocycles. The molecular weight excluding hydrogens is 358 g/mol. The van der Waals surface area contributed by atoms with Crippen molar-refractivity contribution in [2.75, 3.05) is 19.7 Å². The number of hydrogen-bond acceptors (Lipinski definition) is 2. The number of likely N-dealkylation sites (tertiary alicyclic amines) is 1. The molecule has 1 saturated heterocycles. The van der Waals surface area contributed by atoms with Crippen molar-refractivity contribution in [1.82, 2.24) is 4.90 Å². The lowest BCUT2D eigenvalue weighted by molar-refractivity contribution is 0.224. The molecule has 18 heavy (non-hydrogen) atoms. The molecule has 1 aromatic carbocycles. The summed E-state index contributed by atoms with van der Waals surface area (Å²) in [6.45, 7) is 4.18. The minimum Gasteiger partial charge on any atom is -0.493 e. The van der Waals surface area contributed by atoms with E-state index in [0.29, 0.717) is 4.83 Å². The van der Waals surface area contributed by atoms with Crippen molar-refractivity contribution in [2.24, 2.45) is 0 Å². The molecule has 3 rings (SSSR count). The predicted octanol–water partition coefficient (Wildman–Crippen LogP) is 3.74. The number of alkyl halides is 1. The number of hydrogen-bond donors (Lipinski definition) is 0. The van der Waals surface area contributed by atoms with Gasteiger partial charge in [-0.25, -0.2) is 0 Å². The Balaban J connectivity index is 1.80. The van der Waals surface area contributed by atoms with Gasteiger partial charge in [0.1, 0.15) is 5.75 Å². The number of rotatable bonds is 2. The maximum Gasteiger partial charge on any atom is 0.127 e. The predicted molar refractivity (Wildman–Crippen MR) is 80.6 cm³/mol. The van der Waals surface area contributed by atoms with Crippen molar-refractivity contribution in [1.29, 1.82) is 0 Å². The molecule has 1 fully saturated rings. The molecule has 2 nitrogen and oxygen atoms in total. The molecule has 2 aliphatic heterocycles. The normalized spacial score (nSPS) is 23.8. The topological polar surface area (TPSA) is 12.5 Å². The Morgan fingerprint density at radius 3 is 3.11 bits per heavy atom. The van der Waals surface area contributed by atoms with Gasteiger partial charge in [0.2, 0.25) is 0 Å². The number of halogens is 2. The van der Waals surface area contributed by atoms with Crippen molar-refractivity contribution >= 4 is 31.9 Å². The highest BCUT2D eigenvalue weighted by Gasteiger charge is 2.22. The summed E-state index contributed by atoms with van der Waals surface area (Å²) in [7, 11) is 0. The smallest absolute Gasteiger partial charge is 0.127 e. The fourth-order valence-corrected chi connectivity index (χ4v) is 4.13. The third-order valence-corrected chi connectivity index (χ3v) is 4.87. The van der Waals surface area contributed by atoms with Gasteiger partial charge in [-0.15, -0.1) is 0 Å². The second kappa shape index (κ2) is 5.51. The Kier molecular flexibility index (Phi) is 3.97. The van der Waals surface area contributed by atoms with Crippen molar-refractivity contribution in [3.8, 4) is 5.75 Å². The lowest BCUT2D eigenvalue weighted by Gasteiger charge is -2.30. The highest BCUT2D eigenvalue weighted by molar-refractivity contribution is 9.10. The molecule has 0 radical (unpaired) electrons. The van der Waals surface area contributed by atoms with Crippen LogP contribution in [0.1, 0.15) is 24.0 Å². The molecule has 0 saturated carbocycles. The van der Waals surface area contributed by atoms with Gasteiger partial charge in [0.15, 0.2) is 0 Å². The van der Waals surface area contributed by atoms with Crippen LogP contribution in [0.25, 0.3) is 0 Å². The first-order valence-corrected chi connectivity index (χ1v) is 8.24. The summed E-state index contributed by atoms with van der Waals surface area (Å²) in [6.07, 6.45) is 3.62. The van der Waals surface area contributed by atoms with E-state index in [0.717, 1.165) is 31.9 Å². The van der Waals surface area contributed by atoms with Gasteiger partial charge >= 0.3 is 0 Å². The van der Waals surface area contributed by atoms with Gasteiger partial charge in [-0.3, -0.25) is 4.90 Å². The minimum absolute atomic E-state index is 0.646. The molecular formula is C14H17Br2NO. The highest BCUT2D eigenvalue weighted by Crippen LogP contribution is 2.34. The van der Waals surface area contributed by atoms with Crippen LogP contribution in [-0.2, 0) is 13.0 Å². The van der Waals surface area contributed by atoms with E-state index in [2.05, 4.69) is 48.9 Å². The van der Waals surface area contributed by atoms with Gasteiger partial charge in [0, 0.05) is 34.4 Å². The highest BCUT2D eigenvalue weighted by atomic mass is 79.9. The third-order valence-electron chi connectivity index (χ3n) is 3.67. The molecule has 1 unspecified atom stereocenters. The zero-order valence-corrected chi connectivity index (χ0v) is 13.5. The summed E-state index contributed by atoms with van der Waals surface area (Å²) in [5.41, 5.74) is 2.69. The molecule has 0 spiro atoms. The van der Waals surface area contributed by atoms with E-state index in [1.807, 2.05) is 0 Å². The SMILES string of the molecule is Brc1cc2c(c(CN3CCCC(Br)C3)c1)OCC2. The molecule has 2 heterocycles. The van der Waals surface area contributed by atoms with Crippen LogP contribution in [0, 0.1) is 0 Å². The van der Waals surface area contributed by atoms with E-state index in [4.69, 9.17) is 4.74 Å². The van der Waals surface area contributed by atoms with Gasteiger partial charge in [-0.1, -0.05) is 31.9 Å². The molecule has 4 heteroatoms. The zero-order valence-electron chi connectivity index (χ0n) is 10.3. The molecule has 0 amide bonds. The van der Waals surface area contributed by atoms with E-state index in [9.17, 15) is 0 Å². The van der Waals surface area contributed by atoms with Crippen molar-refractivity contribution < 1.29 is 4.74 Å². The number of ether oxygens (including phenoxy) is 1. The van der Waals surface area contributed by atoms with Gasteiger partial charge in [0.25, 0.3) is 0 Å². The summed E-state index contributed by atoms with van der Waals surface area (Å²) in [6, 6.07) is 4.40. The maximum absolute atomic E-state index is 5.79. The third kappa shape index (κ3) is 2.75. The first-order valence-electron chi connectivity index (χ1n) is 6.53. The Hall–Kier alpha value is -0.0600. The van der Waals surface area contributed by atoms with E-state index in [-0.39, 0.29) is 0 Å². The van der Waals surface area contributed by atoms with E-state index in [1.54, 1.807) is 0 Å². The molecule has 98 valence electrons. The van der Waals surface area contributed by atoms with Crippen LogP contribution in [0.4, 0.5) is 0 Å². The fraction of sp³-hybridized carbons (Fsp3) is 0.571. The number of benzene rings is 1. The summed E-state index contributed by atoms with van der Waals surface area (Å²) < 4.78 is 6.97. The monoisotopic (exact) mass is 373 g/mol. The summed E-state index contributed by atoms with van der Waals surface area (Å²) >= 11 is 7.35. The fourth-order valence-electron chi connectivity index (χ4n) is 2.85. The average molecular weight is 375 g/mol. The molecule has 0 aliphatic carbocycles. The second-order valence-corrected chi connectivity index (χ2v) is 7.34. The summed E-state index contributed by atoms with van der Waals surface area (Å²) in [5, 5.41) is 0. The Labute approximate surface area is 125 Å². The van der Waals surface area contributed by atoms with Crippen LogP contribution < -0.4 is 4.74 Å². The van der Waals surface area contributed by atoms with Crippen LogP contribution in [0.15, 0.2) is 16.6 Å². The van der Waals surface area contributed by atoms with Gasteiger partial charge in [-0.2, -0.15) is 0 Å². The quantitative estimate of drug-likeness (QED) is 0.731. The van der Waals surface area contributed by atoms with E-state index in [1.165, 1.54) is 35.0 Å². The van der Waals surface area contributed by atoms with Crippen molar-refractivity contribution in [3.63, 3.8) is 0 Å².